The van der Waals surface area contributed by atoms with Crippen molar-refractivity contribution in [2.24, 2.45) is 0 Å². The van der Waals surface area contributed by atoms with E-state index < -0.39 is 6.29 Å². The van der Waals surface area contributed by atoms with Crippen molar-refractivity contribution in [3.05, 3.63) is 35.6 Å². The highest BCUT2D eigenvalue weighted by molar-refractivity contribution is 5.20. The van der Waals surface area contributed by atoms with Crippen molar-refractivity contribution in [2.45, 2.75) is 26.2 Å². The number of rotatable bonds is 7. The average molecular weight is 241 g/mol. The minimum Gasteiger partial charge on any atom is -0.351 e. The third-order valence-corrected chi connectivity index (χ3v) is 2.45. The Morgan fingerprint density at radius 3 is 2.35 bits per heavy atom. The van der Waals surface area contributed by atoms with Crippen molar-refractivity contribution < 1.29 is 13.9 Å². The zero-order valence-corrected chi connectivity index (χ0v) is 10.6. The summed E-state index contributed by atoms with van der Waals surface area (Å²) < 4.78 is 24.2. The van der Waals surface area contributed by atoms with Crippen molar-refractivity contribution >= 4 is 0 Å². The molecule has 0 heterocycles. The van der Waals surface area contributed by atoms with E-state index in [0.717, 1.165) is 5.56 Å². The van der Waals surface area contributed by atoms with E-state index in [9.17, 15) is 4.39 Å². The Morgan fingerprint density at radius 2 is 1.88 bits per heavy atom. The normalized spacial score (nSPS) is 13.0. The molecule has 1 rings (SSSR count). The van der Waals surface area contributed by atoms with Crippen LogP contribution in [0, 0.1) is 5.82 Å². The molecule has 4 heteroatoms. The Kier molecular flexibility index (Phi) is 6.11. The molecule has 0 amide bonds. The van der Waals surface area contributed by atoms with Gasteiger partial charge in [0.2, 0.25) is 0 Å². The van der Waals surface area contributed by atoms with Gasteiger partial charge in [-0.15, -0.1) is 0 Å². The van der Waals surface area contributed by atoms with E-state index in [0.29, 0.717) is 13.2 Å². The SMILES string of the molecule is CCOC(OCC)C(NC)c1cccc(F)c1. The van der Waals surface area contributed by atoms with Gasteiger partial charge in [-0.25, -0.2) is 4.39 Å². The molecule has 1 unspecified atom stereocenters. The van der Waals surface area contributed by atoms with Gasteiger partial charge >= 0.3 is 0 Å². The first-order valence-corrected chi connectivity index (χ1v) is 5.88. The molecule has 96 valence electrons. The summed E-state index contributed by atoms with van der Waals surface area (Å²) in [7, 11) is 1.81. The molecule has 0 aliphatic heterocycles. The molecule has 1 N–H and O–H groups in total. The van der Waals surface area contributed by atoms with Crippen LogP contribution in [-0.4, -0.2) is 26.6 Å². The average Bonchev–Trinajstić information content (AvgIpc) is 2.31. The van der Waals surface area contributed by atoms with E-state index >= 15 is 0 Å². The number of benzene rings is 1. The lowest BCUT2D eigenvalue weighted by molar-refractivity contribution is -0.154. The van der Waals surface area contributed by atoms with E-state index in [1.807, 2.05) is 19.9 Å². The number of likely N-dealkylation sites (N-methyl/N-ethyl adjacent to an activating group) is 1. The van der Waals surface area contributed by atoms with Crippen LogP contribution in [0.15, 0.2) is 24.3 Å². The van der Waals surface area contributed by atoms with E-state index in [1.165, 1.54) is 12.1 Å². The van der Waals surface area contributed by atoms with Gasteiger partial charge < -0.3 is 14.8 Å². The summed E-state index contributed by atoms with van der Waals surface area (Å²) >= 11 is 0. The molecule has 0 aliphatic carbocycles. The molecule has 1 aromatic rings. The Morgan fingerprint density at radius 1 is 1.24 bits per heavy atom. The first-order chi connectivity index (χ1) is 8.22. The predicted molar refractivity (Wildman–Crippen MR) is 65.2 cm³/mol. The standard InChI is InChI=1S/C13H20FNO2/c1-4-16-13(17-5-2)12(15-3)10-7-6-8-11(14)9-10/h6-9,12-13,15H,4-5H2,1-3H3. The molecular formula is C13H20FNO2. The molecule has 0 radical (unpaired) electrons. The molecule has 0 bridgehead atoms. The van der Waals surface area contributed by atoms with Gasteiger partial charge in [-0.05, 0) is 38.6 Å². The molecule has 3 nitrogen and oxygen atoms in total. The summed E-state index contributed by atoms with van der Waals surface area (Å²) in [5.74, 6) is -0.255. The van der Waals surface area contributed by atoms with Crippen LogP contribution in [0.2, 0.25) is 0 Å². The fraction of sp³-hybridized carbons (Fsp3) is 0.538. The maximum absolute atomic E-state index is 13.2. The molecule has 0 fully saturated rings. The molecule has 1 atom stereocenters. The predicted octanol–water partition coefficient (Wildman–Crippen LogP) is 2.49. The first-order valence-electron chi connectivity index (χ1n) is 5.88. The summed E-state index contributed by atoms with van der Waals surface area (Å²) in [4.78, 5) is 0. The lowest BCUT2D eigenvalue weighted by Gasteiger charge is -2.26. The Labute approximate surface area is 102 Å². The second-order valence-electron chi connectivity index (χ2n) is 3.60. The lowest BCUT2D eigenvalue weighted by Crippen LogP contribution is -2.34. The molecule has 0 saturated heterocycles. The van der Waals surface area contributed by atoms with E-state index in [1.54, 1.807) is 13.1 Å². The topological polar surface area (TPSA) is 30.5 Å². The Bertz CT molecular complexity index is 327. The highest BCUT2D eigenvalue weighted by atomic mass is 19.1. The van der Waals surface area contributed by atoms with Gasteiger partial charge in [-0.3, -0.25) is 0 Å². The van der Waals surface area contributed by atoms with Crippen LogP contribution in [0.5, 0.6) is 0 Å². The van der Waals surface area contributed by atoms with Crippen molar-refractivity contribution in [3.63, 3.8) is 0 Å². The van der Waals surface area contributed by atoms with Crippen LogP contribution in [0.25, 0.3) is 0 Å². The number of halogens is 1. The third kappa shape index (κ3) is 4.07. The molecule has 17 heavy (non-hydrogen) atoms. The number of hydrogen-bond acceptors (Lipinski definition) is 3. The summed E-state index contributed by atoms with van der Waals surface area (Å²) in [5.41, 5.74) is 0.819. The molecule has 0 aromatic heterocycles. The largest absolute Gasteiger partial charge is 0.351 e. The first kappa shape index (κ1) is 14.1. The maximum atomic E-state index is 13.2. The second-order valence-corrected chi connectivity index (χ2v) is 3.60. The minimum atomic E-state index is -0.406. The van der Waals surface area contributed by atoms with Crippen LogP contribution in [0.1, 0.15) is 25.5 Å². The van der Waals surface area contributed by atoms with Crippen LogP contribution in [-0.2, 0) is 9.47 Å². The molecule has 0 spiro atoms. The zero-order valence-electron chi connectivity index (χ0n) is 10.6. The lowest BCUT2D eigenvalue weighted by atomic mass is 10.1. The smallest absolute Gasteiger partial charge is 0.176 e. The van der Waals surface area contributed by atoms with Crippen LogP contribution < -0.4 is 5.32 Å². The van der Waals surface area contributed by atoms with Gasteiger partial charge in [0, 0.05) is 13.2 Å². The van der Waals surface area contributed by atoms with Gasteiger partial charge in [-0.2, -0.15) is 0 Å². The summed E-state index contributed by atoms with van der Waals surface area (Å²) in [6, 6.07) is 6.28. The Hall–Kier alpha value is -0.970. The fourth-order valence-corrected chi connectivity index (χ4v) is 1.73. The van der Waals surface area contributed by atoms with Gasteiger partial charge in [0.05, 0.1) is 6.04 Å². The van der Waals surface area contributed by atoms with Crippen LogP contribution >= 0.6 is 0 Å². The van der Waals surface area contributed by atoms with Crippen molar-refractivity contribution in [3.8, 4) is 0 Å². The van der Waals surface area contributed by atoms with Gasteiger partial charge in [0.1, 0.15) is 5.82 Å². The number of nitrogens with one attached hydrogen (secondary N) is 1. The maximum Gasteiger partial charge on any atom is 0.176 e. The third-order valence-electron chi connectivity index (χ3n) is 2.45. The summed E-state index contributed by atoms with van der Waals surface area (Å²) in [6.07, 6.45) is -0.406. The van der Waals surface area contributed by atoms with E-state index in [2.05, 4.69) is 5.32 Å². The van der Waals surface area contributed by atoms with Crippen molar-refractivity contribution in [2.75, 3.05) is 20.3 Å². The molecule has 1 aromatic carbocycles. The van der Waals surface area contributed by atoms with Crippen LogP contribution in [0.3, 0.4) is 0 Å². The quantitative estimate of drug-likeness (QED) is 0.744. The highest BCUT2D eigenvalue weighted by Crippen LogP contribution is 2.20. The van der Waals surface area contributed by atoms with E-state index in [-0.39, 0.29) is 11.9 Å². The molecule has 0 saturated carbocycles. The van der Waals surface area contributed by atoms with Gasteiger partial charge in [0.25, 0.3) is 0 Å². The number of ether oxygens (including phenoxy) is 2. The number of hydrogen-bond donors (Lipinski definition) is 1. The molecular weight excluding hydrogens is 221 g/mol. The summed E-state index contributed by atoms with van der Waals surface area (Å²) in [5, 5.41) is 3.10. The van der Waals surface area contributed by atoms with E-state index in [4.69, 9.17) is 9.47 Å². The van der Waals surface area contributed by atoms with Crippen molar-refractivity contribution in [1.29, 1.82) is 0 Å². The monoisotopic (exact) mass is 241 g/mol. The van der Waals surface area contributed by atoms with Crippen molar-refractivity contribution in [1.82, 2.24) is 5.32 Å². The minimum absolute atomic E-state index is 0.175. The van der Waals surface area contributed by atoms with Crippen LogP contribution in [0.4, 0.5) is 4.39 Å². The highest BCUT2D eigenvalue weighted by Gasteiger charge is 2.22. The van der Waals surface area contributed by atoms with Gasteiger partial charge in [0.15, 0.2) is 6.29 Å². The fourth-order valence-electron chi connectivity index (χ4n) is 1.73. The molecule has 0 aliphatic rings. The zero-order chi connectivity index (χ0) is 12.7. The second kappa shape index (κ2) is 7.37. The van der Waals surface area contributed by atoms with Gasteiger partial charge in [-0.1, -0.05) is 12.1 Å². The summed E-state index contributed by atoms with van der Waals surface area (Å²) in [6.45, 7) is 4.92. The Balaban J connectivity index is 2.87.